The first kappa shape index (κ1) is 50.0. The van der Waals surface area contributed by atoms with Crippen LogP contribution in [-0.4, -0.2) is 117 Å². The van der Waals surface area contributed by atoms with Crippen LogP contribution in [-0.2, 0) is 19.0 Å². The Bertz CT molecular complexity index is 1540. The molecular weight excluding hydrogens is 783 g/mol. The average Bonchev–Trinajstić information content (AvgIpc) is 3.26. The monoisotopic (exact) mass is 858 g/mol. The molecule has 61 heavy (non-hydrogen) atoms. The number of benzene rings is 1. The maximum atomic E-state index is 13.8. The Kier molecular flexibility index (Phi) is 22.4. The van der Waals surface area contributed by atoms with Crippen molar-refractivity contribution in [1.82, 2.24) is 10.2 Å². The molecule has 1 aromatic rings. The van der Waals surface area contributed by atoms with Crippen molar-refractivity contribution >= 4 is 17.9 Å². The van der Waals surface area contributed by atoms with E-state index in [0.29, 0.717) is 36.6 Å². The van der Waals surface area contributed by atoms with E-state index in [-0.39, 0.29) is 70.4 Å². The third-order valence-corrected chi connectivity index (χ3v) is 12.4. The highest BCUT2D eigenvalue weighted by Crippen LogP contribution is 2.62. The molecular formula is C47H75N3O11. The summed E-state index contributed by atoms with van der Waals surface area (Å²) in [6, 6.07) is 4.63. The fourth-order valence-corrected chi connectivity index (χ4v) is 9.59. The quantitative estimate of drug-likeness (QED) is 0.0335. The van der Waals surface area contributed by atoms with Crippen LogP contribution < -0.4 is 14.8 Å². The van der Waals surface area contributed by atoms with Gasteiger partial charge in [0.15, 0.2) is 0 Å². The highest BCUT2D eigenvalue weighted by Gasteiger charge is 2.65. The molecule has 1 fully saturated rings. The Hall–Kier alpha value is -3.69. The summed E-state index contributed by atoms with van der Waals surface area (Å²) in [5, 5.41) is 36.6. The van der Waals surface area contributed by atoms with Gasteiger partial charge in [-0.05, 0) is 67.7 Å². The Morgan fingerprint density at radius 1 is 0.934 bits per heavy atom. The number of aliphatic hydroxyl groups is 3. The predicted octanol–water partition coefficient (Wildman–Crippen LogP) is 8.04. The molecule has 0 saturated heterocycles. The van der Waals surface area contributed by atoms with Crippen LogP contribution in [0.1, 0.15) is 128 Å². The maximum absolute atomic E-state index is 13.8. The minimum absolute atomic E-state index is 0.00391. The van der Waals surface area contributed by atoms with Crippen LogP contribution in [0.5, 0.6) is 11.5 Å². The number of oxime groups is 1. The van der Waals surface area contributed by atoms with Crippen molar-refractivity contribution in [3.63, 3.8) is 0 Å². The number of fused-ring (bicyclic) bond motifs is 2. The van der Waals surface area contributed by atoms with E-state index in [2.05, 4.69) is 30.1 Å². The Balaban J connectivity index is 1.73. The number of hydrogen-bond acceptors (Lipinski definition) is 12. The molecule has 1 saturated carbocycles. The van der Waals surface area contributed by atoms with Gasteiger partial charge < -0.3 is 49.2 Å². The van der Waals surface area contributed by atoms with E-state index < -0.39 is 29.9 Å². The zero-order valence-electron chi connectivity index (χ0n) is 37.2. The highest BCUT2D eigenvalue weighted by molar-refractivity contribution is 6.03. The molecule has 0 radical (unpaired) electrons. The van der Waals surface area contributed by atoms with Gasteiger partial charge in [-0.1, -0.05) is 94.9 Å². The summed E-state index contributed by atoms with van der Waals surface area (Å²) in [7, 11) is 2.82. The van der Waals surface area contributed by atoms with Gasteiger partial charge in [0.05, 0.1) is 45.2 Å². The second-order valence-corrected chi connectivity index (χ2v) is 16.5. The molecule has 14 heteroatoms. The highest BCUT2D eigenvalue weighted by atomic mass is 16.7. The lowest BCUT2D eigenvalue weighted by Gasteiger charge is -2.59. The van der Waals surface area contributed by atoms with E-state index in [1.165, 1.54) is 59.2 Å². The van der Waals surface area contributed by atoms with E-state index in [1.54, 1.807) is 17.0 Å². The van der Waals surface area contributed by atoms with Crippen LogP contribution in [0.4, 0.5) is 9.59 Å². The number of allylic oxidation sites excluding steroid dienone is 1. The van der Waals surface area contributed by atoms with Gasteiger partial charge in [-0.25, -0.2) is 9.59 Å². The summed E-state index contributed by atoms with van der Waals surface area (Å²) in [5.74, 6) is -1.36. The van der Waals surface area contributed by atoms with Gasteiger partial charge in [-0.3, -0.25) is 4.90 Å². The maximum Gasteiger partial charge on any atom is 0.412 e. The smallest absolute Gasteiger partial charge is 0.412 e. The second kappa shape index (κ2) is 27.4. The molecule has 1 aliphatic heterocycles. The molecule has 344 valence electrons. The van der Waals surface area contributed by atoms with Crippen molar-refractivity contribution in [3.05, 3.63) is 48.1 Å². The molecule has 0 spiro atoms. The molecule has 1 aromatic carbocycles. The summed E-state index contributed by atoms with van der Waals surface area (Å²) < 4.78 is 31.0. The number of rotatable bonds is 30. The molecule has 0 bridgehead atoms. The van der Waals surface area contributed by atoms with E-state index in [0.717, 1.165) is 56.1 Å². The predicted molar refractivity (Wildman–Crippen MR) is 235 cm³/mol. The lowest BCUT2D eigenvalue weighted by molar-refractivity contribution is -0.255. The van der Waals surface area contributed by atoms with Gasteiger partial charge in [0.2, 0.25) is 5.79 Å². The minimum Gasteiger partial charge on any atom is -0.459 e. The van der Waals surface area contributed by atoms with Gasteiger partial charge in [0.25, 0.3) is 0 Å². The number of carbonyl (C=O) groups excluding carboxylic acids is 2. The normalized spacial score (nSPS) is 23.3. The van der Waals surface area contributed by atoms with Gasteiger partial charge in [0, 0.05) is 44.2 Å². The van der Waals surface area contributed by atoms with Crippen LogP contribution in [0, 0.1) is 17.8 Å². The number of ether oxygens (including phenoxy) is 5. The number of carbonyl (C=O) groups is 2. The van der Waals surface area contributed by atoms with Crippen molar-refractivity contribution in [3.8, 4) is 11.5 Å². The summed E-state index contributed by atoms with van der Waals surface area (Å²) in [6.45, 7) is 7.13. The first-order chi connectivity index (χ1) is 29.8. The third-order valence-electron chi connectivity index (χ3n) is 12.4. The van der Waals surface area contributed by atoms with Crippen molar-refractivity contribution in [1.29, 1.82) is 0 Å². The molecule has 2 aliphatic carbocycles. The SMILES string of the molecule is C=CCO[C@@]12Oc3ccc(OC(=O)NCCCCCCCCCCCC)cc3[C@H]3[C@H](CCCCO)[C@@H](CCCCO)C=C(C(=NOC)C[C@@H]1N(CCOCCO)C(=O)OC)[C@H]32. The van der Waals surface area contributed by atoms with Crippen molar-refractivity contribution < 1.29 is 53.4 Å². The van der Waals surface area contributed by atoms with E-state index in [4.69, 9.17) is 28.5 Å². The molecule has 0 unspecified atom stereocenters. The molecule has 14 nitrogen and oxygen atoms in total. The van der Waals surface area contributed by atoms with Crippen LogP contribution in [0.3, 0.4) is 0 Å². The fourth-order valence-electron chi connectivity index (χ4n) is 9.59. The van der Waals surface area contributed by atoms with Crippen molar-refractivity contribution in [2.24, 2.45) is 22.9 Å². The molecule has 2 amide bonds. The largest absolute Gasteiger partial charge is 0.459 e. The number of hydrogen-bond donors (Lipinski definition) is 4. The first-order valence-corrected chi connectivity index (χ1v) is 22.9. The summed E-state index contributed by atoms with van der Waals surface area (Å²) in [6.07, 6.45) is 19.4. The number of nitrogens with zero attached hydrogens (tertiary/aromatic N) is 2. The number of methoxy groups -OCH3 is 1. The molecule has 1 heterocycles. The third kappa shape index (κ3) is 13.9. The van der Waals surface area contributed by atoms with Crippen molar-refractivity contribution in [2.75, 3.05) is 67.0 Å². The number of unbranched alkanes of at least 4 members (excludes halogenated alkanes) is 11. The fraction of sp³-hybridized carbons (Fsp3) is 0.723. The van der Waals surface area contributed by atoms with Crippen molar-refractivity contribution in [2.45, 2.75) is 134 Å². The zero-order chi connectivity index (χ0) is 43.9. The number of aliphatic hydroxyl groups excluding tert-OH is 3. The first-order valence-electron chi connectivity index (χ1n) is 22.9. The number of amides is 2. The standard InChI is InChI=1S/C47H75N3O11/c1-5-7-8-9-10-11-12-13-14-17-24-48-45(54)60-36-22-23-41-39(33-36)43-37(21-16-19-27-52)35(20-15-18-26-51)32-38-40(49-57-4)34-42(47(61-41,44(38)43)59-29-6-2)50(46(55)56-3)25-30-58-31-28-53/h6,22-23,32-33,35,37,42-44,51-53H,2,5,7-21,24-31,34H2,1,3-4H3,(H,48,54)/t35-,37+,42-,43+,44+,47+/m0/s1. The lowest BCUT2D eigenvalue weighted by atomic mass is 9.55. The molecule has 6 atom stereocenters. The van der Waals surface area contributed by atoms with Crippen LogP contribution in [0.15, 0.2) is 47.7 Å². The van der Waals surface area contributed by atoms with E-state index in [9.17, 15) is 24.9 Å². The Labute approximate surface area is 364 Å². The Morgan fingerprint density at radius 2 is 1.64 bits per heavy atom. The van der Waals surface area contributed by atoms with E-state index in [1.807, 2.05) is 12.1 Å². The zero-order valence-corrected chi connectivity index (χ0v) is 37.2. The summed E-state index contributed by atoms with van der Waals surface area (Å²) in [4.78, 5) is 34.0. The van der Waals surface area contributed by atoms with Crippen LogP contribution in [0.25, 0.3) is 0 Å². The summed E-state index contributed by atoms with van der Waals surface area (Å²) >= 11 is 0. The molecule has 4 rings (SSSR count). The molecule has 0 aromatic heterocycles. The van der Waals surface area contributed by atoms with E-state index >= 15 is 0 Å². The molecule has 4 N–H and O–H groups in total. The van der Waals surface area contributed by atoms with Gasteiger partial charge >= 0.3 is 12.2 Å². The Morgan fingerprint density at radius 3 is 2.30 bits per heavy atom. The average molecular weight is 858 g/mol. The minimum atomic E-state index is -1.48. The van der Waals surface area contributed by atoms with Gasteiger partial charge in [-0.2, -0.15) is 0 Å². The lowest BCUT2D eigenvalue weighted by Crippen LogP contribution is -2.70. The summed E-state index contributed by atoms with van der Waals surface area (Å²) in [5.41, 5.74) is 2.35. The second-order valence-electron chi connectivity index (χ2n) is 16.5. The van der Waals surface area contributed by atoms with Crippen LogP contribution in [0.2, 0.25) is 0 Å². The van der Waals surface area contributed by atoms with Gasteiger partial charge in [-0.15, -0.1) is 6.58 Å². The van der Waals surface area contributed by atoms with Gasteiger partial charge in [0.1, 0.15) is 24.7 Å². The number of nitrogens with one attached hydrogen (secondary N) is 1. The molecule has 3 aliphatic rings. The van der Waals surface area contributed by atoms with Crippen LogP contribution >= 0.6 is 0 Å². The topological polar surface area (TPSA) is 178 Å².